The van der Waals surface area contributed by atoms with Gasteiger partial charge in [0, 0.05) is 11.0 Å². The van der Waals surface area contributed by atoms with Crippen molar-refractivity contribution in [3.63, 3.8) is 0 Å². The van der Waals surface area contributed by atoms with Gasteiger partial charge in [-0.15, -0.1) is 0 Å². The van der Waals surface area contributed by atoms with Crippen LogP contribution in [-0.4, -0.2) is 4.40 Å². The maximum absolute atomic E-state index is 6.77. The minimum atomic E-state index is -0.403. The molecule has 0 amide bonds. The van der Waals surface area contributed by atoms with Crippen molar-refractivity contribution in [2.24, 2.45) is 0 Å². The SMILES string of the molecule is C=C1c2ccc(-c3cc(-c4cc(C(C)(C)C)cc(C(C)(C)C)c4)cc(-c4cc(C(C)(C)C)cc(C(C)(C)C)c4)c3)c3cc(C)n4c5cc6c(cc5[n+](c4c23)C1(CC)CC)C(C)(C)OC6(C)C. The zero-order valence-corrected chi connectivity index (χ0v) is 44.0. The van der Waals surface area contributed by atoms with E-state index in [1.54, 1.807) is 0 Å². The molecule has 0 radical (unpaired) electrons. The van der Waals surface area contributed by atoms with Crippen LogP contribution >= 0.6 is 0 Å². The van der Waals surface area contributed by atoms with Crippen LogP contribution in [0.5, 0.6) is 0 Å². The number of aryl methyl sites for hydroxylation is 1. The van der Waals surface area contributed by atoms with Crippen molar-refractivity contribution in [3.05, 3.63) is 136 Å². The van der Waals surface area contributed by atoms with E-state index in [2.05, 4.69) is 225 Å². The third kappa shape index (κ3) is 7.03. The molecule has 344 valence electrons. The molecule has 0 fully saturated rings. The van der Waals surface area contributed by atoms with Crippen molar-refractivity contribution in [2.75, 3.05) is 0 Å². The zero-order chi connectivity index (χ0) is 48.2. The van der Waals surface area contributed by atoms with Gasteiger partial charge in [-0.25, -0.2) is 4.57 Å². The van der Waals surface area contributed by atoms with Gasteiger partial charge in [0.05, 0.1) is 16.6 Å². The van der Waals surface area contributed by atoms with Crippen LogP contribution in [0.1, 0.15) is 182 Å². The molecule has 5 aromatic carbocycles. The van der Waals surface area contributed by atoms with Crippen LogP contribution in [-0.2, 0) is 43.1 Å². The number of allylic oxidation sites excluding steroid dienone is 1. The predicted molar refractivity (Wildman–Crippen MR) is 283 cm³/mol. The predicted octanol–water partition coefficient (Wildman–Crippen LogP) is 17.1. The van der Waals surface area contributed by atoms with E-state index >= 15 is 0 Å². The molecule has 0 aliphatic carbocycles. The lowest BCUT2D eigenvalue weighted by Gasteiger charge is -2.35. The summed E-state index contributed by atoms with van der Waals surface area (Å²) >= 11 is 0. The van der Waals surface area contributed by atoms with Crippen LogP contribution in [0.15, 0.2) is 91.5 Å². The van der Waals surface area contributed by atoms with Crippen LogP contribution < -0.4 is 4.57 Å². The second-order valence-corrected chi connectivity index (χ2v) is 25.4. The van der Waals surface area contributed by atoms with Gasteiger partial charge >= 0.3 is 0 Å². The molecular weight excluding hydrogens is 801 g/mol. The Morgan fingerprint density at radius 2 is 0.939 bits per heavy atom. The molecule has 0 unspecified atom stereocenters. The van der Waals surface area contributed by atoms with Crippen LogP contribution in [0.3, 0.4) is 0 Å². The number of ether oxygens (including phenoxy) is 1. The normalized spacial score (nSPS) is 16.9. The molecule has 0 atom stereocenters. The first-order valence-electron chi connectivity index (χ1n) is 24.8. The van der Waals surface area contributed by atoms with E-state index in [9.17, 15) is 0 Å². The van der Waals surface area contributed by atoms with Crippen molar-refractivity contribution >= 4 is 33.0 Å². The summed E-state index contributed by atoms with van der Waals surface area (Å²) in [5, 5.41) is 2.56. The number of nitrogens with zero attached hydrogens (tertiary/aromatic N) is 2. The van der Waals surface area contributed by atoms with Gasteiger partial charge in [-0.1, -0.05) is 152 Å². The summed E-state index contributed by atoms with van der Waals surface area (Å²) in [6.45, 7) is 49.0. The molecule has 0 N–H and O–H groups in total. The third-order valence-corrected chi connectivity index (χ3v) is 15.7. The quantitative estimate of drug-likeness (QED) is 0.158. The standard InChI is InChI=1S/C63H77N2O/c1-21-63(22-2)38(4)48-23-24-49(50-25-37(3)64-53-35-51-52(62(19,20)66-61(51,17)18)36-54(53)65(63)56(64)55(48)50)43-27-39(41-29-44(57(5,6)7)33-45(30-41)58(8,9)10)26-40(28-43)42-31-46(59(11,12)13)34-47(32-42)60(14,15)16/h23-36H,4,21-22H2,1-3,5-20H3/q+1. The largest absolute Gasteiger partial charge is 0.360 e. The highest BCUT2D eigenvalue weighted by Gasteiger charge is 2.49. The minimum Gasteiger partial charge on any atom is -0.360 e. The van der Waals surface area contributed by atoms with E-state index in [0.717, 1.165) is 12.8 Å². The van der Waals surface area contributed by atoms with E-state index in [0.29, 0.717) is 0 Å². The number of aromatic nitrogens is 2. The van der Waals surface area contributed by atoms with Gasteiger partial charge in [0.25, 0.3) is 5.65 Å². The third-order valence-electron chi connectivity index (χ3n) is 15.7. The molecule has 3 heteroatoms. The van der Waals surface area contributed by atoms with Gasteiger partial charge in [-0.05, 0) is 178 Å². The molecule has 4 heterocycles. The van der Waals surface area contributed by atoms with Gasteiger partial charge in [-0.3, -0.25) is 0 Å². The average molecular weight is 878 g/mol. The number of benzene rings is 5. The summed E-state index contributed by atoms with van der Waals surface area (Å²) in [7, 11) is 0. The molecule has 0 bridgehead atoms. The number of hydrogen-bond acceptors (Lipinski definition) is 1. The lowest BCUT2D eigenvalue weighted by Crippen LogP contribution is -2.57. The molecule has 2 aliphatic heterocycles. The first kappa shape index (κ1) is 46.1. The van der Waals surface area contributed by atoms with Crippen LogP contribution in [0.4, 0.5) is 0 Å². The molecule has 0 spiro atoms. The summed E-state index contributed by atoms with van der Waals surface area (Å²) in [6, 6.07) is 34.3. The highest BCUT2D eigenvalue weighted by atomic mass is 16.5. The monoisotopic (exact) mass is 878 g/mol. The molecule has 66 heavy (non-hydrogen) atoms. The molecule has 2 aliphatic rings. The zero-order valence-electron chi connectivity index (χ0n) is 44.0. The Balaban J connectivity index is 1.42. The smallest absolute Gasteiger partial charge is 0.296 e. The molecule has 2 aromatic heterocycles. The summed E-state index contributed by atoms with van der Waals surface area (Å²) in [5.74, 6) is 0. The number of fused-ring (bicyclic) bond motifs is 4. The summed E-state index contributed by atoms with van der Waals surface area (Å²) in [4.78, 5) is 0. The van der Waals surface area contributed by atoms with Crippen molar-refractivity contribution in [3.8, 4) is 33.4 Å². The highest BCUT2D eigenvalue weighted by molar-refractivity contribution is 6.11. The summed E-state index contributed by atoms with van der Waals surface area (Å²) in [5.41, 5.74) is 21.8. The fraction of sp³-hybridized carbons (Fsp3) is 0.444. The summed E-state index contributed by atoms with van der Waals surface area (Å²) in [6.07, 6.45) is 1.89. The Labute approximate surface area is 397 Å². The molecule has 0 saturated heterocycles. The second kappa shape index (κ2) is 14.5. The average Bonchev–Trinajstić information content (AvgIpc) is 3.66. The van der Waals surface area contributed by atoms with Crippen molar-refractivity contribution < 1.29 is 9.30 Å². The fourth-order valence-electron chi connectivity index (χ4n) is 11.6. The maximum Gasteiger partial charge on any atom is 0.296 e. The first-order valence-corrected chi connectivity index (χ1v) is 24.8. The Morgan fingerprint density at radius 1 is 0.530 bits per heavy atom. The van der Waals surface area contributed by atoms with E-state index < -0.39 is 11.2 Å². The second-order valence-electron chi connectivity index (χ2n) is 25.4. The van der Waals surface area contributed by atoms with E-state index in [4.69, 9.17) is 11.3 Å². The van der Waals surface area contributed by atoms with Gasteiger partial charge in [0.1, 0.15) is 11.2 Å². The molecule has 9 rings (SSSR count). The minimum absolute atomic E-state index is 0.00874. The first-order chi connectivity index (χ1) is 30.4. The molecular formula is C63H77N2O+. The Bertz CT molecular complexity index is 3030. The van der Waals surface area contributed by atoms with Crippen molar-refractivity contribution in [2.45, 2.75) is 183 Å². The van der Waals surface area contributed by atoms with Gasteiger partial charge in [0.15, 0.2) is 11.0 Å². The van der Waals surface area contributed by atoms with Gasteiger partial charge in [0.2, 0.25) is 0 Å². The van der Waals surface area contributed by atoms with Gasteiger partial charge in [-0.2, -0.15) is 4.40 Å². The lowest BCUT2D eigenvalue weighted by atomic mass is 9.76. The van der Waals surface area contributed by atoms with E-state index in [-0.39, 0.29) is 27.2 Å². The van der Waals surface area contributed by atoms with E-state index in [1.807, 2.05) is 0 Å². The Kier molecular flexibility index (Phi) is 10.1. The molecule has 7 aromatic rings. The Hall–Kier alpha value is -4.99. The van der Waals surface area contributed by atoms with Crippen molar-refractivity contribution in [1.82, 2.24) is 4.40 Å². The highest BCUT2D eigenvalue weighted by Crippen LogP contribution is 2.52. The lowest BCUT2D eigenvalue weighted by molar-refractivity contribution is -0.703. The number of pyridine rings is 1. The number of hydrogen-bond donors (Lipinski definition) is 0. The van der Waals surface area contributed by atoms with Gasteiger partial charge < -0.3 is 4.74 Å². The number of imidazole rings is 1. The summed E-state index contributed by atoms with van der Waals surface area (Å²) < 4.78 is 12.0. The van der Waals surface area contributed by atoms with E-state index in [1.165, 1.54) is 111 Å². The van der Waals surface area contributed by atoms with Crippen molar-refractivity contribution in [1.29, 1.82) is 0 Å². The fourth-order valence-corrected chi connectivity index (χ4v) is 11.6. The maximum atomic E-state index is 6.77. The molecule has 3 nitrogen and oxygen atoms in total. The Morgan fingerprint density at radius 3 is 1.38 bits per heavy atom. The molecule has 0 saturated carbocycles. The van der Waals surface area contributed by atoms with Crippen LogP contribution in [0.25, 0.3) is 66.4 Å². The van der Waals surface area contributed by atoms with Crippen LogP contribution in [0, 0.1) is 6.92 Å². The number of rotatable bonds is 5. The topological polar surface area (TPSA) is 17.5 Å². The van der Waals surface area contributed by atoms with Crippen LogP contribution in [0.2, 0.25) is 0 Å².